The summed E-state index contributed by atoms with van der Waals surface area (Å²) in [6, 6.07) is 0. The minimum atomic E-state index is -0.834. The average Bonchev–Trinajstić information content (AvgIpc) is 3.35. The second kappa shape index (κ2) is 56.9. The zero-order chi connectivity index (χ0) is 50.0. The van der Waals surface area contributed by atoms with Crippen molar-refractivity contribution in [1.29, 1.82) is 0 Å². The van der Waals surface area contributed by atoms with Crippen molar-refractivity contribution in [2.24, 2.45) is 0 Å². The lowest BCUT2D eigenvalue weighted by molar-refractivity contribution is -0.166. The summed E-state index contributed by atoms with van der Waals surface area (Å²) in [7, 11) is 0. The maximum Gasteiger partial charge on any atom is 0.310 e. The van der Waals surface area contributed by atoms with E-state index in [1.54, 1.807) is 6.08 Å². The number of ether oxygens (including phenoxy) is 3. The van der Waals surface area contributed by atoms with Crippen molar-refractivity contribution in [1.82, 2.24) is 0 Å². The lowest BCUT2D eigenvalue weighted by Crippen LogP contribution is -2.30. The molecular weight excluding hydrogens is 853 g/mol. The highest BCUT2D eigenvalue weighted by atomic mass is 16.6. The highest BCUT2D eigenvalue weighted by molar-refractivity contribution is 5.72. The number of hydrogen-bond donors (Lipinski definition) is 0. The normalized spacial score (nSPS) is 12.8. The third kappa shape index (κ3) is 55.1. The highest BCUT2D eigenvalue weighted by Crippen LogP contribution is 2.15. The summed E-state index contributed by atoms with van der Waals surface area (Å²) in [5.41, 5.74) is 0. The minimum Gasteiger partial charge on any atom is -0.462 e. The molecule has 0 amide bonds. The van der Waals surface area contributed by atoms with Crippen LogP contribution in [0.2, 0.25) is 0 Å². The quantitative estimate of drug-likeness (QED) is 0.0262. The van der Waals surface area contributed by atoms with E-state index in [-0.39, 0.29) is 31.6 Å². The molecule has 0 rings (SSSR count). The number of hydrogen-bond acceptors (Lipinski definition) is 6. The molecule has 0 saturated heterocycles. The zero-order valence-electron chi connectivity index (χ0n) is 45.0. The number of unbranched alkanes of at least 4 members (excludes halogenated alkanes) is 25. The number of carbonyl (C=O) groups excluding carboxylic acids is 3. The van der Waals surface area contributed by atoms with E-state index >= 15 is 0 Å². The van der Waals surface area contributed by atoms with Gasteiger partial charge < -0.3 is 14.2 Å². The van der Waals surface area contributed by atoms with Crippen molar-refractivity contribution >= 4 is 17.9 Å². The smallest absolute Gasteiger partial charge is 0.310 e. The summed E-state index contributed by atoms with van der Waals surface area (Å²) in [5.74, 6) is -1.05. The van der Waals surface area contributed by atoms with Crippen molar-refractivity contribution in [3.63, 3.8) is 0 Å². The van der Waals surface area contributed by atoms with Crippen molar-refractivity contribution in [2.45, 2.75) is 271 Å². The largest absolute Gasteiger partial charge is 0.462 e. The average molecular weight is 960 g/mol. The molecule has 6 nitrogen and oxygen atoms in total. The van der Waals surface area contributed by atoms with Gasteiger partial charge in [0.05, 0.1) is 6.42 Å². The number of esters is 3. The van der Waals surface area contributed by atoms with Gasteiger partial charge in [-0.2, -0.15) is 0 Å². The van der Waals surface area contributed by atoms with Crippen molar-refractivity contribution < 1.29 is 28.6 Å². The molecule has 0 aliphatic rings. The molecule has 0 bridgehead atoms. The van der Waals surface area contributed by atoms with Gasteiger partial charge in [-0.3, -0.25) is 14.4 Å². The van der Waals surface area contributed by atoms with Gasteiger partial charge in [0, 0.05) is 12.8 Å². The molecular formula is C63H106O6. The van der Waals surface area contributed by atoms with E-state index in [2.05, 4.69) is 106 Å². The molecule has 0 radical (unpaired) electrons. The van der Waals surface area contributed by atoms with Gasteiger partial charge in [-0.25, -0.2) is 0 Å². The van der Waals surface area contributed by atoms with E-state index in [4.69, 9.17) is 14.2 Å². The first-order valence-corrected chi connectivity index (χ1v) is 28.7. The fourth-order valence-electron chi connectivity index (χ4n) is 7.82. The number of allylic oxidation sites excluding steroid dienone is 15. The third-order valence-electron chi connectivity index (χ3n) is 12.1. The number of carbonyl (C=O) groups is 3. The van der Waals surface area contributed by atoms with Crippen LogP contribution in [0.5, 0.6) is 0 Å². The maximum atomic E-state index is 12.8. The van der Waals surface area contributed by atoms with Crippen LogP contribution in [0.4, 0.5) is 0 Å². The zero-order valence-corrected chi connectivity index (χ0v) is 45.0. The number of rotatable bonds is 51. The van der Waals surface area contributed by atoms with Gasteiger partial charge >= 0.3 is 17.9 Å². The van der Waals surface area contributed by atoms with Crippen LogP contribution < -0.4 is 0 Å². The van der Waals surface area contributed by atoms with E-state index in [9.17, 15) is 14.4 Å². The molecule has 1 atom stereocenters. The first-order chi connectivity index (χ1) is 34.0. The topological polar surface area (TPSA) is 78.9 Å². The van der Waals surface area contributed by atoms with Crippen LogP contribution in [-0.2, 0) is 28.6 Å². The molecule has 69 heavy (non-hydrogen) atoms. The molecule has 1 unspecified atom stereocenters. The van der Waals surface area contributed by atoms with E-state index in [1.807, 2.05) is 6.08 Å². The fraction of sp³-hybridized carbons (Fsp3) is 0.698. The molecule has 0 saturated carbocycles. The van der Waals surface area contributed by atoms with Gasteiger partial charge in [0.15, 0.2) is 6.10 Å². The monoisotopic (exact) mass is 959 g/mol. The summed E-state index contributed by atoms with van der Waals surface area (Å²) >= 11 is 0. The summed E-state index contributed by atoms with van der Waals surface area (Å²) in [6.07, 6.45) is 75.7. The summed E-state index contributed by atoms with van der Waals surface area (Å²) in [6.45, 7) is 6.43. The van der Waals surface area contributed by atoms with Gasteiger partial charge in [-0.15, -0.1) is 0 Å². The molecule has 394 valence electrons. The van der Waals surface area contributed by atoms with Crippen LogP contribution in [0, 0.1) is 0 Å². The Labute approximate surface area is 426 Å². The van der Waals surface area contributed by atoms with E-state index < -0.39 is 12.1 Å². The molecule has 0 aromatic rings. The lowest BCUT2D eigenvalue weighted by Gasteiger charge is -2.18. The Balaban J connectivity index is 4.43. The molecule has 0 N–H and O–H groups in total. The lowest BCUT2D eigenvalue weighted by atomic mass is 10.0. The van der Waals surface area contributed by atoms with Gasteiger partial charge in [0.2, 0.25) is 0 Å². The predicted molar refractivity (Wildman–Crippen MR) is 297 cm³/mol. The standard InChI is InChI=1S/C63H106O6/c1-4-7-10-13-16-19-22-25-27-28-29-30-31-32-33-34-36-38-41-44-47-50-53-56-62(65)68-59-60(58-67-61(64)55-52-49-46-43-40-37-24-21-18-15-12-9-6-3)69-63(66)57-54-51-48-45-42-39-35-26-23-20-17-14-11-8-5-2/h8,11,17,20,22,25-26,28-29,31-32,35,42,45,51,54,60H,4-7,9-10,12-16,18-19,21,23-24,27,30,33-34,36-41,43-44,46-50,52-53,55-59H2,1-3H3/b11-8-,20-17-,25-22-,29-28-,32-31-,35-26-,45-42-,54-51-. The van der Waals surface area contributed by atoms with Crippen molar-refractivity contribution in [3.05, 3.63) is 97.2 Å². The molecule has 0 fully saturated rings. The summed E-state index contributed by atoms with van der Waals surface area (Å²) in [4.78, 5) is 38.0. The van der Waals surface area contributed by atoms with Crippen LogP contribution in [0.1, 0.15) is 265 Å². The Kier molecular flexibility index (Phi) is 53.9. The van der Waals surface area contributed by atoms with Crippen LogP contribution in [0.25, 0.3) is 0 Å². The second-order valence-electron chi connectivity index (χ2n) is 18.8. The predicted octanol–water partition coefficient (Wildman–Crippen LogP) is 19.3. The molecule has 0 aliphatic carbocycles. The van der Waals surface area contributed by atoms with Gasteiger partial charge in [-0.05, 0) is 83.5 Å². The third-order valence-corrected chi connectivity index (χ3v) is 12.1. The Bertz CT molecular complexity index is 1380. The highest BCUT2D eigenvalue weighted by Gasteiger charge is 2.19. The Morgan fingerprint density at radius 1 is 0.319 bits per heavy atom. The second-order valence-corrected chi connectivity index (χ2v) is 18.8. The molecule has 0 heterocycles. The fourth-order valence-corrected chi connectivity index (χ4v) is 7.82. The molecule has 6 heteroatoms. The summed E-state index contributed by atoms with van der Waals surface area (Å²) in [5, 5.41) is 0. The van der Waals surface area contributed by atoms with Crippen LogP contribution in [0.15, 0.2) is 97.2 Å². The van der Waals surface area contributed by atoms with Crippen LogP contribution >= 0.6 is 0 Å². The maximum absolute atomic E-state index is 12.8. The van der Waals surface area contributed by atoms with Gasteiger partial charge in [0.1, 0.15) is 13.2 Å². The van der Waals surface area contributed by atoms with Gasteiger partial charge in [0.25, 0.3) is 0 Å². The first kappa shape index (κ1) is 65.3. The Morgan fingerprint density at radius 2 is 0.609 bits per heavy atom. The molecule has 0 aromatic heterocycles. The van der Waals surface area contributed by atoms with Crippen molar-refractivity contribution in [2.75, 3.05) is 13.2 Å². The molecule has 0 spiro atoms. The van der Waals surface area contributed by atoms with E-state index in [1.165, 1.54) is 135 Å². The SMILES string of the molecule is CC/C=C\C/C=C\C/C=C\C/C=C\C/C=C\CC(=O)OC(COC(=O)CCCCCCCCCC/C=C\C/C=C\C/C=C\CCCCCCC)COC(=O)CCCCCCCCCCCCCCC. The van der Waals surface area contributed by atoms with Crippen molar-refractivity contribution in [3.8, 4) is 0 Å². The van der Waals surface area contributed by atoms with Crippen LogP contribution in [0.3, 0.4) is 0 Å². The van der Waals surface area contributed by atoms with Crippen LogP contribution in [-0.4, -0.2) is 37.2 Å². The Hall–Kier alpha value is -3.67. The van der Waals surface area contributed by atoms with Gasteiger partial charge in [-0.1, -0.05) is 259 Å². The molecule has 0 aliphatic heterocycles. The molecule has 0 aromatic carbocycles. The summed E-state index contributed by atoms with van der Waals surface area (Å²) < 4.78 is 16.7. The Morgan fingerprint density at radius 3 is 0.957 bits per heavy atom. The van der Waals surface area contributed by atoms with E-state index in [0.717, 1.165) is 89.9 Å². The van der Waals surface area contributed by atoms with E-state index in [0.29, 0.717) is 12.8 Å². The first-order valence-electron chi connectivity index (χ1n) is 28.7. The minimum absolute atomic E-state index is 0.0948.